The Labute approximate surface area is 98.4 Å². The van der Waals surface area contributed by atoms with E-state index < -0.39 is 0 Å². The van der Waals surface area contributed by atoms with Crippen LogP contribution in [0.2, 0.25) is 0 Å². The van der Waals surface area contributed by atoms with E-state index in [-0.39, 0.29) is 23.4 Å². The quantitative estimate of drug-likeness (QED) is 0.806. The van der Waals surface area contributed by atoms with E-state index >= 15 is 0 Å². The first-order chi connectivity index (χ1) is 8.26. The van der Waals surface area contributed by atoms with E-state index in [4.69, 9.17) is 10.1 Å². The van der Waals surface area contributed by atoms with Crippen molar-refractivity contribution in [1.82, 2.24) is 14.9 Å². The standard InChI is InChI=1S/C10H13N5O2/c1-2-17-10-12-7(8(13-10)14-11)9(16)15-5-3-4-6-15/h2-6H2,1H3/p+1. The van der Waals surface area contributed by atoms with Crippen molar-refractivity contribution in [1.29, 1.82) is 5.39 Å². The summed E-state index contributed by atoms with van der Waals surface area (Å²) in [7, 11) is 0. The molecule has 1 aliphatic heterocycles. The van der Waals surface area contributed by atoms with Crippen molar-refractivity contribution in [2.75, 3.05) is 19.7 Å². The van der Waals surface area contributed by atoms with Crippen LogP contribution in [0.4, 0.5) is 5.82 Å². The van der Waals surface area contributed by atoms with E-state index in [0.29, 0.717) is 6.61 Å². The summed E-state index contributed by atoms with van der Waals surface area (Å²) in [4.78, 5) is 23.4. The fourth-order valence-electron chi connectivity index (χ4n) is 1.85. The average Bonchev–Trinajstić information content (AvgIpc) is 2.97. The minimum atomic E-state index is -0.200. The van der Waals surface area contributed by atoms with Crippen LogP contribution in [0, 0.1) is 5.39 Å². The van der Waals surface area contributed by atoms with Gasteiger partial charge < -0.3 is 9.64 Å². The molecule has 0 aliphatic carbocycles. The van der Waals surface area contributed by atoms with Gasteiger partial charge in [-0.3, -0.25) is 9.78 Å². The van der Waals surface area contributed by atoms with Gasteiger partial charge >= 0.3 is 11.8 Å². The van der Waals surface area contributed by atoms with E-state index in [0.717, 1.165) is 25.9 Å². The summed E-state index contributed by atoms with van der Waals surface area (Å²) in [5.74, 6) is -0.223. The minimum absolute atomic E-state index is 0.0228. The predicted octanol–water partition coefficient (Wildman–Crippen LogP) is 1.53. The van der Waals surface area contributed by atoms with E-state index in [1.54, 1.807) is 11.8 Å². The normalized spacial score (nSPS) is 14.7. The van der Waals surface area contributed by atoms with Crippen LogP contribution in [0.15, 0.2) is 0 Å². The van der Waals surface area contributed by atoms with Crippen molar-refractivity contribution >= 4 is 11.7 Å². The lowest BCUT2D eigenvalue weighted by atomic mass is 10.4. The third kappa shape index (κ3) is 2.20. The molecule has 1 aromatic heterocycles. The zero-order valence-corrected chi connectivity index (χ0v) is 9.64. The Morgan fingerprint density at radius 2 is 2.29 bits per heavy atom. The second-order valence-electron chi connectivity index (χ2n) is 3.77. The lowest BCUT2D eigenvalue weighted by Crippen LogP contribution is -2.27. The van der Waals surface area contributed by atoms with Crippen molar-refractivity contribution in [2.24, 2.45) is 0 Å². The molecule has 90 valence electrons. The van der Waals surface area contributed by atoms with Crippen LogP contribution >= 0.6 is 0 Å². The Kier molecular flexibility index (Phi) is 3.23. The molecule has 7 heteroatoms. The smallest absolute Gasteiger partial charge is 0.446 e. The van der Waals surface area contributed by atoms with Crippen molar-refractivity contribution in [3.63, 3.8) is 0 Å². The second kappa shape index (κ2) is 4.82. The van der Waals surface area contributed by atoms with Crippen molar-refractivity contribution in [2.45, 2.75) is 19.8 Å². The Bertz CT molecular complexity index is 456. The summed E-state index contributed by atoms with van der Waals surface area (Å²) in [6.07, 6.45) is 2.01. The van der Waals surface area contributed by atoms with Gasteiger partial charge in [0.15, 0.2) is 0 Å². The van der Waals surface area contributed by atoms with Crippen molar-refractivity contribution in [3.05, 3.63) is 10.7 Å². The molecule has 0 radical (unpaired) electrons. The topological polar surface area (TPSA) is 86.4 Å². The number of hydrogen-bond acceptors (Lipinski definition) is 4. The van der Waals surface area contributed by atoms with Gasteiger partial charge in [0.1, 0.15) is 0 Å². The summed E-state index contributed by atoms with van der Waals surface area (Å²) in [6.45, 7) is 3.69. The minimum Gasteiger partial charge on any atom is -0.446 e. The number of carbonyl (C=O) groups is 1. The van der Waals surface area contributed by atoms with Gasteiger partial charge in [-0.1, -0.05) is 0 Å². The van der Waals surface area contributed by atoms with Crippen LogP contribution < -0.4 is 4.74 Å². The number of imidazole rings is 1. The fourth-order valence-corrected chi connectivity index (χ4v) is 1.85. The number of ether oxygens (including phenoxy) is 1. The van der Waals surface area contributed by atoms with E-state index in [1.165, 1.54) is 0 Å². The number of carbonyl (C=O) groups excluding carboxylic acids is 1. The van der Waals surface area contributed by atoms with Crippen LogP contribution in [-0.2, 0) is 0 Å². The first-order valence-electron chi connectivity index (χ1n) is 5.63. The molecule has 17 heavy (non-hydrogen) atoms. The summed E-state index contributed by atoms with van der Waals surface area (Å²) in [5.41, 5.74) is 0.179. The molecule has 0 atom stereocenters. The molecule has 1 amide bonds. The summed E-state index contributed by atoms with van der Waals surface area (Å²) >= 11 is 0. The maximum atomic E-state index is 12.1. The van der Waals surface area contributed by atoms with Gasteiger partial charge in [-0.05, 0) is 19.8 Å². The SMILES string of the molecule is CCOc1nc([N+]#N)c(C(=O)N2CCCC2)[nH]1. The number of nitrogens with zero attached hydrogens (tertiary/aromatic N) is 4. The predicted molar refractivity (Wildman–Crippen MR) is 59.6 cm³/mol. The molecule has 7 nitrogen and oxygen atoms in total. The first-order valence-corrected chi connectivity index (χ1v) is 5.63. The van der Waals surface area contributed by atoms with Gasteiger partial charge in [0.2, 0.25) is 5.69 Å². The zero-order chi connectivity index (χ0) is 12.3. The number of hydrogen-bond donors (Lipinski definition) is 1. The number of H-pyrrole nitrogens is 1. The first kappa shape index (κ1) is 11.4. The van der Waals surface area contributed by atoms with Crippen LogP contribution in [0.1, 0.15) is 30.3 Å². The molecule has 0 aromatic carbocycles. The fraction of sp³-hybridized carbons (Fsp3) is 0.600. The average molecular weight is 236 g/mol. The molecule has 1 N–H and O–H groups in total. The van der Waals surface area contributed by atoms with Gasteiger partial charge in [0.25, 0.3) is 5.91 Å². The molecule has 0 unspecified atom stereocenters. The number of likely N-dealkylation sites (tertiary alicyclic amines) is 1. The maximum Gasteiger partial charge on any atom is 0.499 e. The summed E-state index contributed by atoms with van der Waals surface area (Å²) in [6, 6.07) is 0.197. The molecular formula is C10H14N5O2+. The van der Waals surface area contributed by atoms with Gasteiger partial charge in [0, 0.05) is 23.0 Å². The summed E-state index contributed by atoms with van der Waals surface area (Å²) in [5, 5.41) is 8.81. The number of nitrogens with one attached hydrogen (secondary N) is 1. The van der Waals surface area contributed by atoms with Gasteiger partial charge in [-0.2, -0.15) is 0 Å². The van der Waals surface area contributed by atoms with Gasteiger partial charge in [-0.15, -0.1) is 0 Å². The van der Waals surface area contributed by atoms with Crippen LogP contribution in [0.25, 0.3) is 4.98 Å². The van der Waals surface area contributed by atoms with E-state index in [9.17, 15) is 4.79 Å². The molecule has 1 aliphatic rings. The number of aromatic amines is 1. The molecular weight excluding hydrogens is 222 g/mol. The van der Waals surface area contributed by atoms with Crippen LogP contribution in [-0.4, -0.2) is 40.5 Å². The monoisotopic (exact) mass is 236 g/mol. The molecule has 0 saturated carbocycles. The third-order valence-corrected chi connectivity index (χ3v) is 2.65. The molecule has 1 aromatic rings. The molecule has 0 bridgehead atoms. The number of diazo groups is 1. The lowest BCUT2D eigenvalue weighted by molar-refractivity contribution is 0.0788. The molecule has 0 spiro atoms. The van der Waals surface area contributed by atoms with Crippen LogP contribution in [0.3, 0.4) is 0 Å². The zero-order valence-electron chi connectivity index (χ0n) is 9.64. The Morgan fingerprint density at radius 3 is 2.88 bits per heavy atom. The third-order valence-electron chi connectivity index (χ3n) is 2.65. The number of rotatable bonds is 3. The molecule has 1 fully saturated rings. The van der Waals surface area contributed by atoms with Gasteiger partial charge in [0.05, 0.1) is 12.0 Å². The Balaban J connectivity index is 2.24. The second-order valence-corrected chi connectivity index (χ2v) is 3.77. The number of aromatic nitrogens is 2. The van der Waals surface area contributed by atoms with Crippen LogP contribution in [0.5, 0.6) is 6.01 Å². The largest absolute Gasteiger partial charge is 0.499 e. The highest BCUT2D eigenvalue weighted by Gasteiger charge is 2.32. The highest BCUT2D eigenvalue weighted by Crippen LogP contribution is 2.23. The highest BCUT2D eigenvalue weighted by molar-refractivity contribution is 5.97. The maximum absolute atomic E-state index is 12.1. The molecule has 2 heterocycles. The van der Waals surface area contributed by atoms with E-state index in [2.05, 4.69) is 14.9 Å². The van der Waals surface area contributed by atoms with Gasteiger partial charge in [-0.25, -0.2) is 0 Å². The number of amides is 1. The molecule has 1 saturated heterocycles. The molecule has 2 rings (SSSR count). The Morgan fingerprint density at radius 1 is 1.59 bits per heavy atom. The highest BCUT2D eigenvalue weighted by atomic mass is 16.5. The van der Waals surface area contributed by atoms with E-state index in [1.807, 2.05) is 0 Å². The summed E-state index contributed by atoms with van der Waals surface area (Å²) < 4.78 is 5.13. The van der Waals surface area contributed by atoms with Crippen molar-refractivity contribution in [3.8, 4) is 6.01 Å². The Hall–Kier alpha value is -2.10. The van der Waals surface area contributed by atoms with Crippen molar-refractivity contribution < 1.29 is 9.53 Å². The lowest BCUT2D eigenvalue weighted by Gasteiger charge is -2.11.